The third-order valence-corrected chi connectivity index (χ3v) is 8.75. The Hall–Kier alpha value is -4.83. The molecule has 5 rings (SSSR count). The number of allylic oxidation sites excluding steroid dienone is 1. The lowest BCUT2D eigenvalue weighted by Gasteiger charge is -2.24. The molecule has 10 heteroatoms. The Morgan fingerprint density at radius 1 is 0.915 bits per heavy atom. The molecular formula is C37H40N2O7S. The number of thiazole rings is 1. The number of aromatic nitrogens is 1. The molecule has 4 aromatic rings. The Balaban J connectivity index is 1.39. The lowest BCUT2D eigenvalue weighted by molar-refractivity contribution is -0.139. The van der Waals surface area contributed by atoms with E-state index in [4.69, 9.17) is 23.7 Å². The van der Waals surface area contributed by atoms with Crippen LogP contribution in [0.15, 0.2) is 87.8 Å². The molecule has 0 amide bonds. The molecule has 9 nitrogen and oxygen atoms in total. The summed E-state index contributed by atoms with van der Waals surface area (Å²) in [6, 6.07) is 20.2. The molecule has 1 atom stereocenters. The molecule has 47 heavy (non-hydrogen) atoms. The smallest absolute Gasteiger partial charge is 0.338 e. The zero-order chi connectivity index (χ0) is 33.7. The normalized spacial score (nSPS) is 14.7. The number of rotatable bonds is 11. The predicted octanol–water partition coefficient (Wildman–Crippen LogP) is 5.57. The summed E-state index contributed by atoms with van der Waals surface area (Å²) in [5.41, 5.74) is 3.37. The second-order valence-electron chi connectivity index (χ2n) is 12.0. The zero-order valence-corrected chi connectivity index (χ0v) is 28.6. The van der Waals surface area contributed by atoms with Crippen molar-refractivity contribution in [1.29, 1.82) is 0 Å². The first-order chi connectivity index (χ1) is 22.5. The van der Waals surface area contributed by atoms with Crippen LogP contribution in [0.25, 0.3) is 6.08 Å². The van der Waals surface area contributed by atoms with Crippen molar-refractivity contribution < 1.29 is 28.5 Å². The lowest BCUT2D eigenvalue weighted by Crippen LogP contribution is -2.39. The molecule has 0 unspecified atom stereocenters. The highest BCUT2D eigenvalue weighted by Gasteiger charge is 2.33. The maximum Gasteiger partial charge on any atom is 0.338 e. The molecule has 0 saturated carbocycles. The SMILES string of the molecule is CCOC(=O)C1=C(C)N=c2s/c(=C/c3ccc(OCCOc4ccc(C(C)(C)C)cc4)c(OC)c3)c(=O)n2[C@@H]1c1ccc(OC)cc1. The Labute approximate surface area is 278 Å². The average Bonchev–Trinajstić information content (AvgIpc) is 3.36. The van der Waals surface area contributed by atoms with Crippen molar-refractivity contribution in [3.63, 3.8) is 0 Å². The molecule has 0 spiro atoms. The number of hydrogen-bond donors (Lipinski definition) is 0. The van der Waals surface area contributed by atoms with E-state index < -0.39 is 12.0 Å². The van der Waals surface area contributed by atoms with Gasteiger partial charge in [0.15, 0.2) is 16.3 Å². The van der Waals surface area contributed by atoms with Crippen LogP contribution in [0.1, 0.15) is 57.4 Å². The van der Waals surface area contributed by atoms with E-state index in [1.807, 2.05) is 42.5 Å². The van der Waals surface area contributed by atoms with E-state index in [2.05, 4.69) is 37.9 Å². The molecular weight excluding hydrogens is 616 g/mol. The standard InChI is InChI=1S/C37H40N2O7S/c1-8-44-35(41)32-23(2)38-36-39(33(32)25-10-14-27(42-6)15-11-25)34(40)31(47-36)22-24-9-18-29(30(21-24)43-7)46-20-19-45-28-16-12-26(13-17-28)37(3,4)5/h9-18,21-22,33H,8,19-20H2,1-7H3/b31-22+/t33-/m1/s1. The van der Waals surface area contributed by atoms with Crippen LogP contribution in [-0.4, -0.2) is 44.6 Å². The number of carbonyl (C=O) groups is 1. The van der Waals surface area contributed by atoms with Crippen LogP contribution in [0.3, 0.4) is 0 Å². The van der Waals surface area contributed by atoms with E-state index in [9.17, 15) is 9.59 Å². The number of methoxy groups -OCH3 is 2. The maximum absolute atomic E-state index is 14.0. The van der Waals surface area contributed by atoms with Crippen LogP contribution in [-0.2, 0) is 14.9 Å². The minimum Gasteiger partial charge on any atom is -0.497 e. The molecule has 3 aromatic carbocycles. The van der Waals surface area contributed by atoms with Gasteiger partial charge in [0.25, 0.3) is 5.56 Å². The Bertz CT molecular complexity index is 1950. The first-order valence-corrected chi connectivity index (χ1v) is 16.2. The van der Waals surface area contributed by atoms with Gasteiger partial charge in [-0.15, -0.1) is 0 Å². The molecule has 1 aromatic heterocycles. The van der Waals surface area contributed by atoms with Crippen LogP contribution in [0.2, 0.25) is 0 Å². The number of nitrogens with zero attached hydrogens (tertiary/aromatic N) is 2. The first-order valence-electron chi connectivity index (χ1n) is 15.4. The van der Waals surface area contributed by atoms with Crippen LogP contribution in [0.5, 0.6) is 23.0 Å². The van der Waals surface area contributed by atoms with Gasteiger partial charge in [-0.1, -0.05) is 62.4 Å². The fraction of sp³-hybridized carbons (Fsp3) is 0.324. The quantitative estimate of drug-likeness (QED) is 0.154. The monoisotopic (exact) mass is 656 g/mol. The van der Waals surface area contributed by atoms with Crippen molar-refractivity contribution in [3.05, 3.63) is 114 Å². The van der Waals surface area contributed by atoms with Crippen molar-refractivity contribution in [1.82, 2.24) is 4.57 Å². The third-order valence-electron chi connectivity index (χ3n) is 7.76. The van der Waals surface area contributed by atoms with E-state index >= 15 is 0 Å². The minimum atomic E-state index is -0.706. The van der Waals surface area contributed by atoms with E-state index in [0.29, 0.717) is 51.1 Å². The highest BCUT2D eigenvalue weighted by molar-refractivity contribution is 7.07. The van der Waals surface area contributed by atoms with E-state index in [1.54, 1.807) is 50.8 Å². The molecule has 0 aliphatic carbocycles. The largest absolute Gasteiger partial charge is 0.497 e. The Morgan fingerprint density at radius 2 is 1.60 bits per heavy atom. The van der Waals surface area contributed by atoms with E-state index in [0.717, 1.165) is 16.9 Å². The van der Waals surface area contributed by atoms with Gasteiger partial charge in [0, 0.05) is 0 Å². The van der Waals surface area contributed by atoms with Crippen LogP contribution >= 0.6 is 11.3 Å². The average molecular weight is 657 g/mol. The number of hydrogen-bond acceptors (Lipinski definition) is 9. The van der Waals surface area contributed by atoms with Crippen LogP contribution in [0.4, 0.5) is 0 Å². The number of esters is 1. The van der Waals surface area contributed by atoms with Crippen molar-refractivity contribution in [2.45, 2.75) is 46.1 Å². The highest BCUT2D eigenvalue weighted by Crippen LogP contribution is 2.32. The summed E-state index contributed by atoms with van der Waals surface area (Å²) in [5, 5.41) is 0. The molecule has 0 saturated heterocycles. The topological polar surface area (TPSA) is 97.6 Å². The van der Waals surface area contributed by atoms with Crippen LogP contribution < -0.4 is 33.8 Å². The van der Waals surface area contributed by atoms with Gasteiger partial charge >= 0.3 is 5.97 Å². The van der Waals surface area contributed by atoms with Gasteiger partial charge in [-0.2, -0.15) is 0 Å². The number of ether oxygens (including phenoxy) is 5. The summed E-state index contributed by atoms with van der Waals surface area (Å²) < 4.78 is 30.2. The number of carbonyl (C=O) groups excluding carboxylic acids is 1. The molecule has 0 bridgehead atoms. The predicted molar refractivity (Wildman–Crippen MR) is 183 cm³/mol. The van der Waals surface area contributed by atoms with Gasteiger partial charge in [-0.25, -0.2) is 9.79 Å². The summed E-state index contributed by atoms with van der Waals surface area (Å²) in [5.74, 6) is 2.03. The van der Waals surface area contributed by atoms with Gasteiger partial charge in [-0.05, 0) is 78.4 Å². The second-order valence-corrected chi connectivity index (χ2v) is 13.0. The van der Waals surface area contributed by atoms with Crippen LogP contribution in [0, 0.1) is 0 Å². The summed E-state index contributed by atoms with van der Waals surface area (Å²) in [6.45, 7) is 10.9. The maximum atomic E-state index is 14.0. The van der Waals surface area contributed by atoms with Crippen molar-refractivity contribution in [2.75, 3.05) is 34.0 Å². The Kier molecular flexibility index (Phi) is 10.2. The molecule has 0 fully saturated rings. The summed E-state index contributed by atoms with van der Waals surface area (Å²) in [4.78, 5) is 32.2. The fourth-order valence-electron chi connectivity index (χ4n) is 5.30. The van der Waals surface area contributed by atoms with E-state index in [-0.39, 0.29) is 17.6 Å². The minimum absolute atomic E-state index is 0.0810. The van der Waals surface area contributed by atoms with E-state index in [1.165, 1.54) is 16.9 Å². The molecule has 0 radical (unpaired) electrons. The zero-order valence-electron chi connectivity index (χ0n) is 27.8. The first kappa shape index (κ1) is 33.5. The van der Waals surface area contributed by atoms with Crippen molar-refractivity contribution >= 4 is 23.4 Å². The molecule has 0 N–H and O–H groups in total. The van der Waals surface area contributed by atoms with Crippen molar-refractivity contribution in [3.8, 4) is 23.0 Å². The molecule has 246 valence electrons. The summed E-state index contributed by atoms with van der Waals surface area (Å²) in [6.07, 6.45) is 1.79. The van der Waals surface area contributed by atoms with Gasteiger partial charge in [0.2, 0.25) is 0 Å². The lowest BCUT2D eigenvalue weighted by atomic mass is 9.87. The van der Waals surface area contributed by atoms with Gasteiger partial charge in [-0.3, -0.25) is 9.36 Å². The fourth-order valence-corrected chi connectivity index (χ4v) is 6.35. The number of fused-ring (bicyclic) bond motifs is 1. The third kappa shape index (κ3) is 7.44. The molecule has 1 aliphatic rings. The molecule has 2 heterocycles. The molecule has 1 aliphatic heterocycles. The summed E-state index contributed by atoms with van der Waals surface area (Å²) >= 11 is 1.26. The highest BCUT2D eigenvalue weighted by atomic mass is 32.1. The summed E-state index contributed by atoms with van der Waals surface area (Å²) in [7, 11) is 3.16. The van der Waals surface area contributed by atoms with Gasteiger partial charge in [0.1, 0.15) is 24.7 Å². The van der Waals surface area contributed by atoms with Gasteiger partial charge in [0.05, 0.1) is 42.7 Å². The second kappa shape index (κ2) is 14.3. The van der Waals surface area contributed by atoms with Crippen molar-refractivity contribution in [2.24, 2.45) is 4.99 Å². The number of benzene rings is 3. The van der Waals surface area contributed by atoms with Gasteiger partial charge < -0.3 is 23.7 Å². The Morgan fingerprint density at radius 3 is 2.23 bits per heavy atom.